The van der Waals surface area contributed by atoms with E-state index in [-0.39, 0.29) is 0 Å². The van der Waals surface area contributed by atoms with E-state index in [2.05, 4.69) is 36.6 Å². The second kappa shape index (κ2) is 10.5. The maximum Gasteiger partial charge on any atom is 0.121 e. The van der Waals surface area contributed by atoms with Gasteiger partial charge in [-0.2, -0.15) is 0 Å². The molecule has 0 radical (unpaired) electrons. The molecular weight excluding hydrogens is 312 g/mol. The Morgan fingerprint density at radius 2 is 1.40 bits per heavy atom. The van der Waals surface area contributed by atoms with Crippen molar-refractivity contribution >= 4 is 11.4 Å². The maximum atomic E-state index is 5.80. The molecule has 136 valence electrons. The molecule has 2 aromatic rings. The van der Waals surface area contributed by atoms with Crippen molar-refractivity contribution in [3.05, 3.63) is 48.5 Å². The quantitative estimate of drug-likeness (QED) is 0.562. The summed E-state index contributed by atoms with van der Waals surface area (Å²) in [5.74, 6) is 2.48. The second-order valence-electron chi connectivity index (χ2n) is 6.37. The average molecular weight is 342 g/mol. The van der Waals surface area contributed by atoms with Gasteiger partial charge in [-0.3, -0.25) is 0 Å². The number of nitrogens with one attached hydrogen (secondary N) is 2. The van der Waals surface area contributed by atoms with Gasteiger partial charge in [-0.15, -0.1) is 0 Å². The Labute approximate surface area is 151 Å². The van der Waals surface area contributed by atoms with Gasteiger partial charge in [0, 0.05) is 36.6 Å². The number of hydrogen-bond acceptors (Lipinski definition) is 4. The van der Waals surface area contributed by atoms with Crippen molar-refractivity contribution in [1.82, 2.24) is 0 Å². The fraction of sp³-hybridized carbons (Fsp3) is 0.429. The molecule has 0 saturated heterocycles. The minimum Gasteiger partial charge on any atom is -0.494 e. The molecule has 0 unspecified atom stereocenters. The summed E-state index contributed by atoms with van der Waals surface area (Å²) in [6, 6.07) is 16.2. The normalized spacial score (nSPS) is 10.6. The summed E-state index contributed by atoms with van der Waals surface area (Å²) >= 11 is 0. The van der Waals surface area contributed by atoms with Crippen molar-refractivity contribution < 1.29 is 9.47 Å². The van der Waals surface area contributed by atoms with E-state index in [1.807, 2.05) is 43.3 Å². The zero-order valence-electron chi connectivity index (χ0n) is 15.5. The van der Waals surface area contributed by atoms with Crippen LogP contribution in [0.4, 0.5) is 11.4 Å². The Bertz CT molecular complexity index is 629. The van der Waals surface area contributed by atoms with E-state index >= 15 is 0 Å². The zero-order chi connectivity index (χ0) is 17.9. The first-order valence-corrected chi connectivity index (χ1v) is 9.11. The highest BCUT2D eigenvalue weighted by Crippen LogP contribution is 2.19. The molecule has 0 spiro atoms. The zero-order valence-corrected chi connectivity index (χ0v) is 15.5. The summed E-state index contributed by atoms with van der Waals surface area (Å²) in [7, 11) is 0. The first-order chi connectivity index (χ1) is 12.2. The van der Waals surface area contributed by atoms with Gasteiger partial charge in [0.05, 0.1) is 13.2 Å². The predicted molar refractivity (Wildman–Crippen MR) is 106 cm³/mol. The monoisotopic (exact) mass is 342 g/mol. The highest BCUT2D eigenvalue weighted by Gasteiger charge is 1.99. The van der Waals surface area contributed by atoms with Gasteiger partial charge in [-0.25, -0.2) is 0 Å². The van der Waals surface area contributed by atoms with E-state index in [9.17, 15) is 0 Å². The second-order valence-corrected chi connectivity index (χ2v) is 6.37. The number of hydrogen-bond donors (Lipinski definition) is 2. The van der Waals surface area contributed by atoms with Crippen molar-refractivity contribution in [3.8, 4) is 11.5 Å². The molecule has 0 aliphatic heterocycles. The molecule has 4 heteroatoms. The van der Waals surface area contributed by atoms with Gasteiger partial charge in [0.1, 0.15) is 11.5 Å². The summed E-state index contributed by atoms with van der Waals surface area (Å²) in [6.07, 6.45) is 1.07. The van der Waals surface area contributed by atoms with Gasteiger partial charge in [0.15, 0.2) is 0 Å². The molecule has 2 N–H and O–H groups in total. The molecule has 4 nitrogen and oxygen atoms in total. The molecule has 0 bridgehead atoms. The van der Waals surface area contributed by atoms with Crippen LogP contribution in [0.5, 0.6) is 11.5 Å². The third kappa shape index (κ3) is 7.38. The number of rotatable bonds is 11. The van der Waals surface area contributed by atoms with Crippen molar-refractivity contribution in [2.75, 3.05) is 36.9 Å². The largest absolute Gasteiger partial charge is 0.494 e. The predicted octanol–water partition coefficient (Wildman–Crippen LogP) is 5.03. The van der Waals surface area contributed by atoms with Crippen LogP contribution in [0.15, 0.2) is 48.5 Å². The lowest BCUT2D eigenvalue weighted by atomic mass is 10.1. The molecule has 0 aliphatic carbocycles. The lowest BCUT2D eigenvalue weighted by molar-refractivity contribution is 0.289. The fourth-order valence-corrected chi connectivity index (χ4v) is 2.38. The first kappa shape index (κ1) is 19.0. The summed E-state index contributed by atoms with van der Waals surface area (Å²) in [4.78, 5) is 0. The van der Waals surface area contributed by atoms with Crippen LogP contribution in [-0.4, -0.2) is 26.3 Å². The standard InChI is InChI=1S/C21H30N2O2/c1-4-24-20-9-5-7-18(15-20)22-12-13-23-19-8-6-10-21(16-19)25-14-11-17(2)3/h5-10,15-17,22-23H,4,11-14H2,1-3H3. The molecule has 0 atom stereocenters. The Balaban J connectivity index is 1.73. The van der Waals surface area contributed by atoms with Crippen LogP contribution in [0.25, 0.3) is 0 Å². The van der Waals surface area contributed by atoms with Crippen molar-refractivity contribution in [3.63, 3.8) is 0 Å². The Morgan fingerprint density at radius 3 is 1.92 bits per heavy atom. The van der Waals surface area contributed by atoms with Crippen LogP contribution >= 0.6 is 0 Å². The van der Waals surface area contributed by atoms with Crippen molar-refractivity contribution in [1.29, 1.82) is 0 Å². The molecular formula is C21H30N2O2. The molecule has 0 fully saturated rings. The molecule has 0 saturated carbocycles. The Kier molecular flexibility index (Phi) is 7.96. The molecule has 0 aliphatic rings. The Morgan fingerprint density at radius 1 is 0.840 bits per heavy atom. The van der Waals surface area contributed by atoms with Gasteiger partial charge in [0.25, 0.3) is 0 Å². The minimum absolute atomic E-state index is 0.661. The fourth-order valence-electron chi connectivity index (χ4n) is 2.38. The smallest absolute Gasteiger partial charge is 0.121 e. The summed E-state index contributed by atoms with van der Waals surface area (Å²) in [6.45, 7) is 9.50. The van der Waals surface area contributed by atoms with E-state index in [1.165, 1.54) is 0 Å². The summed E-state index contributed by atoms with van der Waals surface area (Å²) in [5, 5.41) is 6.82. The SMILES string of the molecule is CCOc1cccc(NCCNc2cccc(OCCC(C)C)c2)c1. The molecule has 2 aromatic carbocycles. The van der Waals surface area contributed by atoms with E-state index < -0.39 is 0 Å². The van der Waals surface area contributed by atoms with E-state index in [1.54, 1.807) is 0 Å². The molecule has 0 amide bonds. The topological polar surface area (TPSA) is 42.5 Å². The minimum atomic E-state index is 0.661. The van der Waals surface area contributed by atoms with Crippen molar-refractivity contribution in [2.24, 2.45) is 5.92 Å². The maximum absolute atomic E-state index is 5.80. The summed E-state index contributed by atoms with van der Waals surface area (Å²) < 4.78 is 11.3. The van der Waals surface area contributed by atoms with Crippen LogP contribution < -0.4 is 20.1 Å². The van der Waals surface area contributed by atoms with Gasteiger partial charge >= 0.3 is 0 Å². The number of benzene rings is 2. The third-order valence-electron chi connectivity index (χ3n) is 3.73. The highest BCUT2D eigenvalue weighted by molar-refractivity contribution is 5.50. The van der Waals surface area contributed by atoms with E-state index in [0.29, 0.717) is 12.5 Å². The van der Waals surface area contributed by atoms with Crippen LogP contribution in [0.2, 0.25) is 0 Å². The van der Waals surface area contributed by atoms with Gasteiger partial charge in [-0.05, 0) is 43.5 Å². The van der Waals surface area contributed by atoms with Crippen LogP contribution in [0.3, 0.4) is 0 Å². The van der Waals surface area contributed by atoms with E-state index in [4.69, 9.17) is 9.47 Å². The highest BCUT2D eigenvalue weighted by atomic mass is 16.5. The van der Waals surface area contributed by atoms with Gasteiger partial charge in [0.2, 0.25) is 0 Å². The first-order valence-electron chi connectivity index (χ1n) is 9.11. The third-order valence-corrected chi connectivity index (χ3v) is 3.73. The Hall–Kier alpha value is -2.36. The van der Waals surface area contributed by atoms with Crippen LogP contribution in [-0.2, 0) is 0 Å². The van der Waals surface area contributed by atoms with Gasteiger partial charge < -0.3 is 20.1 Å². The van der Waals surface area contributed by atoms with Crippen LogP contribution in [0.1, 0.15) is 27.2 Å². The lowest BCUT2D eigenvalue weighted by Gasteiger charge is -2.12. The van der Waals surface area contributed by atoms with Crippen molar-refractivity contribution in [2.45, 2.75) is 27.2 Å². The molecule has 0 aromatic heterocycles. The molecule has 2 rings (SSSR count). The number of anilines is 2. The summed E-state index contributed by atoms with van der Waals surface area (Å²) in [5.41, 5.74) is 2.14. The molecule has 0 heterocycles. The molecule has 25 heavy (non-hydrogen) atoms. The number of ether oxygens (including phenoxy) is 2. The van der Waals surface area contributed by atoms with Gasteiger partial charge in [-0.1, -0.05) is 26.0 Å². The van der Waals surface area contributed by atoms with Crippen LogP contribution in [0, 0.1) is 5.92 Å². The van der Waals surface area contributed by atoms with E-state index in [0.717, 1.165) is 49.0 Å². The average Bonchev–Trinajstić information content (AvgIpc) is 2.60. The lowest BCUT2D eigenvalue weighted by Crippen LogP contribution is -2.13.